The van der Waals surface area contributed by atoms with Gasteiger partial charge in [-0.2, -0.15) is 8.78 Å². The average molecular weight is 420 g/mol. The lowest BCUT2D eigenvalue weighted by molar-refractivity contribution is -0.188. The molecule has 0 N–H and O–H groups in total. The van der Waals surface area contributed by atoms with Crippen molar-refractivity contribution in [1.29, 1.82) is 0 Å². The number of hydrogen-bond donors (Lipinski definition) is 0. The molecule has 1 aliphatic heterocycles. The fraction of sp³-hybridized carbons (Fsp3) is 0.286. The van der Waals surface area contributed by atoms with Crippen molar-refractivity contribution in [3.63, 3.8) is 0 Å². The van der Waals surface area contributed by atoms with Crippen LogP contribution in [0.2, 0.25) is 0 Å². The van der Waals surface area contributed by atoms with Crippen LogP contribution in [0.25, 0.3) is 0 Å². The van der Waals surface area contributed by atoms with E-state index >= 15 is 0 Å². The topological polar surface area (TPSA) is 88.1 Å². The van der Waals surface area contributed by atoms with E-state index in [1.54, 1.807) is 24.3 Å². The number of alkyl halides is 2. The van der Waals surface area contributed by atoms with Crippen LogP contribution in [-0.2, 0) is 23.7 Å². The monoisotopic (exact) mass is 420 g/mol. The van der Waals surface area contributed by atoms with Crippen molar-refractivity contribution in [1.82, 2.24) is 0 Å². The van der Waals surface area contributed by atoms with Gasteiger partial charge < -0.3 is 18.9 Å². The number of benzene rings is 2. The largest absolute Gasteiger partial charge is 0.459 e. The van der Waals surface area contributed by atoms with Gasteiger partial charge in [-0.15, -0.1) is 0 Å². The van der Waals surface area contributed by atoms with Gasteiger partial charge in [0.05, 0.1) is 11.1 Å². The first-order valence-corrected chi connectivity index (χ1v) is 8.97. The average Bonchev–Trinajstić information content (AvgIpc) is 2.96. The number of rotatable bonds is 6. The second kappa shape index (κ2) is 9.00. The van der Waals surface area contributed by atoms with Crippen LogP contribution in [0.1, 0.15) is 27.6 Å². The van der Waals surface area contributed by atoms with Crippen molar-refractivity contribution in [3.05, 3.63) is 71.8 Å². The Morgan fingerprint density at radius 2 is 1.43 bits per heavy atom. The fourth-order valence-electron chi connectivity index (χ4n) is 2.79. The third-order valence-electron chi connectivity index (χ3n) is 4.26. The van der Waals surface area contributed by atoms with E-state index in [-0.39, 0.29) is 11.1 Å². The number of hydrogen-bond acceptors (Lipinski definition) is 7. The highest BCUT2D eigenvalue weighted by Gasteiger charge is 2.63. The van der Waals surface area contributed by atoms with Gasteiger partial charge in [0.1, 0.15) is 6.61 Å². The molecule has 0 aliphatic carbocycles. The minimum absolute atomic E-state index is 0.0360. The molecule has 0 radical (unpaired) electrons. The van der Waals surface area contributed by atoms with Crippen LogP contribution < -0.4 is 0 Å². The quantitative estimate of drug-likeness (QED) is 0.524. The van der Waals surface area contributed by atoms with Crippen molar-refractivity contribution < 1.29 is 42.1 Å². The van der Waals surface area contributed by atoms with Crippen LogP contribution >= 0.6 is 0 Å². The summed E-state index contributed by atoms with van der Waals surface area (Å²) in [6.07, 6.45) is -6.05. The number of carbonyl (C=O) groups is 3. The lowest BCUT2D eigenvalue weighted by Crippen LogP contribution is -2.45. The van der Waals surface area contributed by atoms with Crippen molar-refractivity contribution in [2.45, 2.75) is 31.3 Å². The molecule has 1 unspecified atom stereocenters. The van der Waals surface area contributed by atoms with Gasteiger partial charge in [0.25, 0.3) is 0 Å². The Morgan fingerprint density at radius 1 is 0.900 bits per heavy atom. The summed E-state index contributed by atoms with van der Waals surface area (Å²) in [5, 5.41) is 0. The lowest BCUT2D eigenvalue weighted by Gasteiger charge is -2.23. The van der Waals surface area contributed by atoms with E-state index in [0.29, 0.717) is 0 Å². The molecule has 30 heavy (non-hydrogen) atoms. The molecule has 1 saturated heterocycles. The molecule has 0 saturated carbocycles. The second-order valence-corrected chi connectivity index (χ2v) is 6.43. The summed E-state index contributed by atoms with van der Waals surface area (Å²) in [5.74, 6) is -6.56. The van der Waals surface area contributed by atoms with Crippen LogP contribution in [0, 0.1) is 0 Å². The summed E-state index contributed by atoms with van der Waals surface area (Å²) in [5.41, 5.74) is 0.205. The van der Waals surface area contributed by atoms with Crippen LogP contribution in [0.3, 0.4) is 0 Å². The van der Waals surface area contributed by atoms with Crippen molar-refractivity contribution in [2.24, 2.45) is 0 Å². The molecule has 1 heterocycles. The molecule has 0 amide bonds. The van der Waals surface area contributed by atoms with Crippen LogP contribution in [-0.4, -0.2) is 48.9 Å². The molecule has 158 valence electrons. The second-order valence-electron chi connectivity index (χ2n) is 6.43. The SMILES string of the molecule is CC(=O)OC1O[C@H](COC(=O)c2ccccc2)C(F)(F)[C@H]1OC(=O)c1ccccc1. The fourth-order valence-corrected chi connectivity index (χ4v) is 2.79. The Bertz CT molecular complexity index is 902. The molecule has 0 aromatic heterocycles. The van der Waals surface area contributed by atoms with Crippen molar-refractivity contribution in [2.75, 3.05) is 6.61 Å². The van der Waals surface area contributed by atoms with Gasteiger partial charge in [0, 0.05) is 6.92 Å². The first-order valence-electron chi connectivity index (χ1n) is 8.97. The zero-order chi connectivity index (χ0) is 21.7. The van der Waals surface area contributed by atoms with E-state index in [1.165, 1.54) is 36.4 Å². The Morgan fingerprint density at radius 3 is 1.97 bits per heavy atom. The van der Waals surface area contributed by atoms with Gasteiger partial charge in [-0.3, -0.25) is 4.79 Å². The maximum atomic E-state index is 14.9. The lowest BCUT2D eigenvalue weighted by atomic mass is 10.1. The van der Waals surface area contributed by atoms with Crippen LogP contribution in [0.15, 0.2) is 60.7 Å². The zero-order valence-electron chi connectivity index (χ0n) is 15.8. The molecule has 1 fully saturated rings. The molecule has 0 spiro atoms. The van der Waals surface area contributed by atoms with E-state index in [2.05, 4.69) is 0 Å². The summed E-state index contributed by atoms with van der Waals surface area (Å²) in [6.45, 7) is 0.165. The molecule has 2 aromatic carbocycles. The van der Waals surface area contributed by atoms with Gasteiger partial charge in [-0.1, -0.05) is 36.4 Å². The van der Waals surface area contributed by atoms with E-state index < -0.39 is 48.9 Å². The highest BCUT2D eigenvalue weighted by Crippen LogP contribution is 2.39. The van der Waals surface area contributed by atoms with Gasteiger partial charge >= 0.3 is 23.8 Å². The molecule has 0 bridgehead atoms. The number of ether oxygens (including phenoxy) is 4. The van der Waals surface area contributed by atoms with E-state index in [0.717, 1.165) is 6.92 Å². The zero-order valence-corrected chi connectivity index (χ0v) is 15.8. The molecule has 9 heteroatoms. The number of carbonyl (C=O) groups excluding carboxylic acids is 3. The maximum Gasteiger partial charge on any atom is 0.338 e. The van der Waals surface area contributed by atoms with E-state index in [9.17, 15) is 23.2 Å². The van der Waals surface area contributed by atoms with E-state index in [1.807, 2.05) is 0 Å². The Hall–Kier alpha value is -3.33. The summed E-state index contributed by atoms with van der Waals surface area (Å²) in [6, 6.07) is 15.3. The Balaban J connectivity index is 1.73. The molecule has 2 aromatic rings. The molecule has 3 rings (SSSR count). The van der Waals surface area contributed by atoms with Gasteiger partial charge in [0.2, 0.25) is 12.4 Å². The van der Waals surface area contributed by atoms with E-state index in [4.69, 9.17) is 18.9 Å². The highest BCUT2D eigenvalue weighted by atomic mass is 19.3. The summed E-state index contributed by atoms with van der Waals surface area (Å²) < 4.78 is 49.5. The Labute approximate surface area is 170 Å². The molecular weight excluding hydrogens is 402 g/mol. The van der Waals surface area contributed by atoms with Crippen molar-refractivity contribution in [3.8, 4) is 0 Å². The summed E-state index contributed by atoms with van der Waals surface area (Å²) in [7, 11) is 0. The van der Waals surface area contributed by atoms with Gasteiger partial charge in [-0.05, 0) is 24.3 Å². The normalized spacial score (nSPS) is 22.2. The first-order chi connectivity index (χ1) is 14.3. The molecule has 1 aliphatic rings. The predicted octanol–water partition coefficient (Wildman–Crippen LogP) is 2.99. The van der Waals surface area contributed by atoms with Crippen LogP contribution in [0.5, 0.6) is 0 Å². The summed E-state index contributed by atoms with van der Waals surface area (Å²) >= 11 is 0. The minimum Gasteiger partial charge on any atom is -0.459 e. The minimum atomic E-state index is -3.79. The predicted molar refractivity (Wildman–Crippen MR) is 97.7 cm³/mol. The smallest absolute Gasteiger partial charge is 0.338 e. The highest BCUT2D eigenvalue weighted by molar-refractivity contribution is 5.90. The molecule has 7 nitrogen and oxygen atoms in total. The molecular formula is C21H18F2O7. The first kappa shape index (κ1) is 21.4. The Kier molecular flexibility index (Phi) is 6.41. The van der Waals surface area contributed by atoms with Crippen LogP contribution in [0.4, 0.5) is 8.78 Å². The van der Waals surface area contributed by atoms with Gasteiger partial charge in [-0.25, -0.2) is 9.59 Å². The third-order valence-corrected chi connectivity index (χ3v) is 4.26. The summed E-state index contributed by atoms with van der Waals surface area (Å²) in [4.78, 5) is 35.6. The maximum absolute atomic E-state index is 14.9. The number of halogens is 2. The van der Waals surface area contributed by atoms with Gasteiger partial charge in [0.15, 0.2) is 6.10 Å². The third kappa shape index (κ3) is 4.80. The molecule has 3 atom stereocenters. The number of esters is 3. The standard InChI is InChI=1S/C21H18F2O7/c1-13(24)28-20-17(30-19(26)15-10-6-3-7-11-15)21(22,23)16(29-20)12-27-18(25)14-8-4-2-5-9-14/h2-11,16-17,20H,12H2,1H3/t16-,17+,20?/m1/s1. The van der Waals surface area contributed by atoms with Crippen molar-refractivity contribution >= 4 is 17.9 Å².